The third-order valence-corrected chi connectivity index (χ3v) is 6.67. The summed E-state index contributed by atoms with van der Waals surface area (Å²) in [4.78, 5) is 27.8. The van der Waals surface area contributed by atoms with Crippen molar-refractivity contribution in [2.75, 3.05) is 13.1 Å². The zero-order valence-corrected chi connectivity index (χ0v) is 17.1. The average Bonchev–Trinajstić information content (AvgIpc) is 3.27. The fourth-order valence-electron chi connectivity index (χ4n) is 4.14. The van der Waals surface area contributed by atoms with Gasteiger partial charge in [0.25, 0.3) is 5.91 Å². The van der Waals surface area contributed by atoms with Crippen LogP contribution in [0.3, 0.4) is 0 Å². The van der Waals surface area contributed by atoms with E-state index in [0.717, 1.165) is 53.8 Å². The van der Waals surface area contributed by atoms with E-state index in [-0.39, 0.29) is 17.7 Å². The molecule has 7 nitrogen and oxygen atoms in total. The maximum atomic E-state index is 13.0. The van der Waals surface area contributed by atoms with Gasteiger partial charge in [0.2, 0.25) is 5.91 Å². The van der Waals surface area contributed by atoms with Gasteiger partial charge in [0.1, 0.15) is 11.6 Å². The van der Waals surface area contributed by atoms with Gasteiger partial charge in [0.05, 0.1) is 11.4 Å². The first-order valence-electron chi connectivity index (χ1n) is 10.2. The Morgan fingerprint density at radius 2 is 2.07 bits per heavy atom. The van der Waals surface area contributed by atoms with E-state index >= 15 is 0 Å². The van der Waals surface area contributed by atoms with Crippen LogP contribution in [0.5, 0.6) is 0 Å². The lowest BCUT2D eigenvalue weighted by Crippen LogP contribution is -2.39. The van der Waals surface area contributed by atoms with Crippen LogP contribution >= 0.6 is 11.3 Å². The molecule has 0 aliphatic carbocycles. The minimum atomic E-state index is -0.0624. The van der Waals surface area contributed by atoms with Crippen molar-refractivity contribution in [3.63, 3.8) is 0 Å². The van der Waals surface area contributed by atoms with E-state index < -0.39 is 0 Å². The van der Waals surface area contributed by atoms with Gasteiger partial charge >= 0.3 is 0 Å². The maximum Gasteiger partial charge on any atom is 0.263 e. The van der Waals surface area contributed by atoms with Crippen molar-refractivity contribution in [2.24, 2.45) is 0 Å². The van der Waals surface area contributed by atoms with Gasteiger partial charge in [-0.05, 0) is 37.8 Å². The van der Waals surface area contributed by atoms with Crippen LogP contribution in [0, 0.1) is 0 Å². The van der Waals surface area contributed by atoms with Crippen molar-refractivity contribution in [1.29, 1.82) is 0 Å². The van der Waals surface area contributed by atoms with Crippen LogP contribution < -0.4 is 5.32 Å². The molecule has 2 aromatic rings. The quantitative estimate of drug-likeness (QED) is 0.854. The van der Waals surface area contributed by atoms with Gasteiger partial charge in [0.15, 0.2) is 0 Å². The Bertz CT molecular complexity index is 859. The first kappa shape index (κ1) is 19.1. The predicted octanol–water partition coefficient (Wildman–Crippen LogP) is 2.72. The lowest BCUT2D eigenvalue weighted by atomic mass is 9.97. The highest BCUT2D eigenvalue weighted by Gasteiger charge is 2.30. The molecular weight excluding hydrogens is 374 g/mol. The van der Waals surface area contributed by atoms with Crippen molar-refractivity contribution < 1.29 is 9.59 Å². The summed E-state index contributed by atoms with van der Waals surface area (Å²) < 4.78 is 2.31. The number of carbonyl (C=O) groups is 2. The molecule has 2 aromatic heterocycles. The lowest BCUT2D eigenvalue weighted by Gasteiger charge is -2.32. The maximum absolute atomic E-state index is 13.0. The zero-order chi connectivity index (χ0) is 19.5. The van der Waals surface area contributed by atoms with Gasteiger partial charge in [-0.15, -0.1) is 21.5 Å². The highest BCUT2D eigenvalue weighted by molar-refractivity contribution is 7.14. The first-order chi connectivity index (χ1) is 13.6. The number of piperidine rings is 1. The van der Waals surface area contributed by atoms with Gasteiger partial charge in [-0.1, -0.05) is 6.42 Å². The Kier molecular flexibility index (Phi) is 5.75. The Labute approximate surface area is 169 Å². The third kappa shape index (κ3) is 4.11. The van der Waals surface area contributed by atoms with Crippen LogP contribution in [0.25, 0.3) is 0 Å². The van der Waals surface area contributed by atoms with Crippen LogP contribution in [0.15, 0.2) is 12.1 Å². The predicted molar refractivity (Wildman–Crippen MR) is 107 cm³/mol. The molecule has 2 aliphatic rings. The van der Waals surface area contributed by atoms with Gasteiger partial charge < -0.3 is 14.8 Å². The van der Waals surface area contributed by atoms with Gasteiger partial charge in [0, 0.05) is 43.8 Å². The molecule has 4 rings (SSSR count). The van der Waals surface area contributed by atoms with E-state index in [4.69, 9.17) is 0 Å². The minimum absolute atomic E-state index is 0.0624. The summed E-state index contributed by atoms with van der Waals surface area (Å²) in [6.45, 7) is 4.46. The average molecular weight is 402 g/mol. The summed E-state index contributed by atoms with van der Waals surface area (Å²) in [5, 5.41) is 11.7. The molecule has 0 aromatic carbocycles. The second kappa shape index (κ2) is 8.43. The molecule has 28 heavy (non-hydrogen) atoms. The summed E-state index contributed by atoms with van der Waals surface area (Å²) in [6.07, 6.45) is 6.67. The number of hydrogen-bond donors (Lipinski definition) is 1. The number of aryl methyl sites for hydroxylation is 1. The second-order valence-corrected chi connectivity index (χ2v) is 8.87. The fourth-order valence-corrected chi connectivity index (χ4v) is 5.05. The Morgan fingerprint density at radius 1 is 1.18 bits per heavy atom. The smallest absolute Gasteiger partial charge is 0.263 e. The van der Waals surface area contributed by atoms with Crippen molar-refractivity contribution in [2.45, 2.75) is 64.5 Å². The van der Waals surface area contributed by atoms with E-state index in [1.807, 2.05) is 17.0 Å². The highest BCUT2D eigenvalue weighted by Crippen LogP contribution is 2.29. The van der Waals surface area contributed by atoms with E-state index in [1.54, 1.807) is 0 Å². The van der Waals surface area contributed by atoms with Crippen molar-refractivity contribution in [1.82, 2.24) is 25.0 Å². The van der Waals surface area contributed by atoms with Crippen molar-refractivity contribution in [3.8, 4) is 0 Å². The number of nitrogens with zero attached hydrogens (tertiary/aromatic N) is 4. The number of amides is 2. The molecule has 0 saturated carbocycles. The van der Waals surface area contributed by atoms with E-state index in [9.17, 15) is 9.59 Å². The van der Waals surface area contributed by atoms with E-state index in [2.05, 4.69) is 20.1 Å². The number of nitrogens with one attached hydrogen (secondary N) is 1. The van der Waals surface area contributed by atoms with Crippen LogP contribution in [0.4, 0.5) is 0 Å². The number of carbonyl (C=O) groups excluding carboxylic acids is 2. The molecule has 2 amide bonds. The summed E-state index contributed by atoms with van der Waals surface area (Å²) in [6, 6.07) is 3.80. The number of fused-ring (bicyclic) bond motifs is 1. The van der Waals surface area contributed by atoms with Crippen LogP contribution in [-0.4, -0.2) is 44.6 Å². The standard InChI is InChI=1S/C20H27N5O2S/c1-14(26)21-12-16-8-9-17(28-16)20(27)24-10-5-6-15(13-24)19-23-22-18-7-3-2-4-11-25(18)19/h8-9,15H,2-7,10-13H2,1H3,(H,21,26). The molecule has 1 atom stereocenters. The Hall–Kier alpha value is -2.22. The third-order valence-electron chi connectivity index (χ3n) is 5.60. The molecule has 8 heteroatoms. The molecule has 0 radical (unpaired) electrons. The molecule has 0 spiro atoms. The number of hydrogen-bond acceptors (Lipinski definition) is 5. The largest absolute Gasteiger partial charge is 0.351 e. The van der Waals surface area contributed by atoms with Gasteiger partial charge in [-0.25, -0.2) is 0 Å². The van der Waals surface area contributed by atoms with Gasteiger partial charge in [-0.3, -0.25) is 9.59 Å². The van der Waals surface area contributed by atoms with Crippen LogP contribution in [-0.2, 0) is 24.3 Å². The molecule has 1 fully saturated rings. The molecular formula is C20H27N5O2S. The molecule has 0 bridgehead atoms. The molecule has 4 heterocycles. The lowest BCUT2D eigenvalue weighted by molar-refractivity contribution is -0.119. The molecule has 1 unspecified atom stereocenters. The van der Waals surface area contributed by atoms with Crippen molar-refractivity contribution in [3.05, 3.63) is 33.5 Å². The van der Waals surface area contributed by atoms with Crippen LogP contribution in [0.1, 0.15) is 71.1 Å². The second-order valence-electron chi connectivity index (χ2n) is 7.70. The molecule has 150 valence electrons. The summed E-state index contributed by atoms with van der Waals surface area (Å²) >= 11 is 1.46. The van der Waals surface area contributed by atoms with Crippen LogP contribution in [0.2, 0.25) is 0 Å². The number of rotatable bonds is 4. The number of likely N-dealkylation sites (tertiary alicyclic amines) is 1. The monoisotopic (exact) mass is 401 g/mol. The highest BCUT2D eigenvalue weighted by atomic mass is 32.1. The SMILES string of the molecule is CC(=O)NCc1ccc(C(=O)N2CCCC(c3nnc4n3CCCCC4)C2)s1. The van der Waals surface area contributed by atoms with E-state index in [1.165, 1.54) is 37.5 Å². The molecule has 2 aliphatic heterocycles. The summed E-state index contributed by atoms with van der Waals surface area (Å²) in [5.41, 5.74) is 0. The van der Waals surface area contributed by atoms with Crippen molar-refractivity contribution >= 4 is 23.2 Å². The molecule has 1 N–H and O–H groups in total. The van der Waals surface area contributed by atoms with E-state index in [0.29, 0.717) is 13.1 Å². The summed E-state index contributed by atoms with van der Waals surface area (Å²) in [5.74, 6) is 2.45. The Morgan fingerprint density at radius 3 is 2.93 bits per heavy atom. The fraction of sp³-hybridized carbons (Fsp3) is 0.600. The normalized spacial score (nSPS) is 19.8. The van der Waals surface area contributed by atoms with Gasteiger partial charge in [-0.2, -0.15) is 0 Å². The minimum Gasteiger partial charge on any atom is -0.351 e. The molecule has 1 saturated heterocycles. The zero-order valence-electron chi connectivity index (χ0n) is 16.3. The first-order valence-corrected chi connectivity index (χ1v) is 11.0. The number of thiophene rings is 1. The number of aromatic nitrogens is 3. The Balaban J connectivity index is 1.45. The summed E-state index contributed by atoms with van der Waals surface area (Å²) in [7, 11) is 0. The topological polar surface area (TPSA) is 80.1 Å².